The Morgan fingerprint density at radius 2 is 2.00 bits per heavy atom. The molecule has 18 heavy (non-hydrogen) atoms. The standard InChI is InChI=1S/C14H24N2O2/c1-5-10(9-15)14(16-2)12-7-6-11(17-3)8-13(12)18-4/h6-8,10,14,16H,5,9,15H2,1-4H3. The molecule has 0 bridgehead atoms. The number of hydrogen-bond donors (Lipinski definition) is 2. The van der Waals surface area contributed by atoms with E-state index in [4.69, 9.17) is 15.2 Å². The molecule has 2 atom stereocenters. The van der Waals surface area contributed by atoms with Crippen molar-refractivity contribution in [2.75, 3.05) is 27.8 Å². The second-order valence-corrected chi connectivity index (χ2v) is 4.28. The molecule has 102 valence electrons. The second-order valence-electron chi connectivity index (χ2n) is 4.28. The highest BCUT2D eigenvalue weighted by Gasteiger charge is 2.22. The zero-order chi connectivity index (χ0) is 13.5. The Morgan fingerprint density at radius 1 is 1.28 bits per heavy atom. The smallest absolute Gasteiger partial charge is 0.127 e. The Morgan fingerprint density at radius 3 is 2.44 bits per heavy atom. The fraction of sp³-hybridized carbons (Fsp3) is 0.571. The van der Waals surface area contributed by atoms with E-state index < -0.39 is 0 Å². The SMILES string of the molecule is CCC(CN)C(NC)c1ccc(OC)cc1OC. The van der Waals surface area contributed by atoms with Crippen LogP contribution in [0, 0.1) is 5.92 Å². The highest BCUT2D eigenvalue weighted by atomic mass is 16.5. The molecule has 4 nitrogen and oxygen atoms in total. The lowest BCUT2D eigenvalue weighted by Gasteiger charge is -2.26. The van der Waals surface area contributed by atoms with Gasteiger partial charge in [0.1, 0.15) is 11.5 Å². The molecular weight excluding hydrogens is 228 g/mol. The van der Waals surface area contributed by atoms with Crippen molar-refractivity contribution in [2.24, 2.45) is 11.7 Å². The zero-order valence-corrected chi connectivity index (χ0v) is 11.7. The van der Waals surface area contributed by atoms with Crippen LogP contribution >= 0.6 is 0 Å². The van der Waals surface area contributed by atoms with Crippen molar-refractivity contribution in [3.05, 3.63) is 23.8 Å². The van der Waals surface area contributed by atoms with E-state index in [-0.39, 0.29) is 6.04 Å². The van der Waals surface area contributed by atoms with Crippen LogP contribution in [0.5, 0.6) is 11.5 Å². The van der Waals surface area contributed by atoms with Crippen molar-refractivity contribution in [1.29, 1.82) is 0 Å². The van der Waals surface area contributed by atoms with Crippen LogP contribution < -0.4 is 20.5 Å². The van der Waals surface area contributed by atoms with E-state index in [1.54, 1.807) is 14.2 Å². The molecule has 1 aromatic carbocycles. The normalized spacial score (nSPS) is 14.1. The summed E-state index contributed by atoms with van der Waals surface area (Å²) >= 11 is 0. The first-order chi connectivity index (χ1) is 8.71. The van der Waals surface area contributed by atoms with Gasteiger partial charge in [0.2, 0.25) is 0 Å². The average molecular weight is 252 g/mol. The van der Waals surface area contributed by atoms with Gasteiger partial charge < -0.3 is 20.5 Å². The maximum absolute atomic E-state index is 5.84. The highest BCUT2D eigenvalue weighted by Crippen LogP contribution is 2.33. The highest BCUT2D eigenvalue weighted by molar-refractivity contribution is 5.42. The summed E-state index contributed by atoms with van der Waals surface area (Å²) in [7, 11) is 5.28. The van der Waals surface area contributed by atoms with Gasteiger partial charge in [0.15, 0.2) is 0 Å². The van der Waals surface area contributed by atoms with Gasteiger partial charge in [-0.1, -0.05) is 19.4 Å². The Balaban J connectivity index is 3.11. The van der Waals surface area contributed by atoms with E-state index in [1.165, 1.54) is 0 Å². The predicted molar refractivity (Wildman–Crippen MR) is 74.2 cm³/mol. The Hall–Kier alpha value is -1.26. The van der Waals surface area contributed by atoms with Crippen LogP contribution in [0.1, 0.15) is 24.9 Å². The lowest BCUT2D eigenvalue weighted by atomic mass is 9.90. The molecule has 0 radical (unpaired) electrons. The lowest BCUT2D eigenvalue weighted by Crippen LogP contribution is -2.30. The van der Waals surface area contributed by atoms with Gasteiger partial charge in [0, 0.05) is 17.7 Å². The minimum Gasteiger partial charge on any atom is -0.497 e. The van der Waals surface area contributed by atoms with E-state index in [0.717, 1.165) is 23.5 Å². The third-order valence-electron chi connectivity index (χ3n) is 3.39. The van der Waals surface area contributed by atoms with Gasteiger partial charge >= 0.3 is 0 Å². The fourth-order valence-corrected chi connectivity index (χ4v) is 2.26. The Bertz CT molecular complexity index is 365. The van der Waals surface area contributed by atoms with Gasteiger partial charge in [-0.2, -0.15) is 0 Å². The number of benzene rings is 1. The van der Waals surface area contributed by atoms with Gasteiger partial charge in [-0.25, -0.2) is 0 Å². The molecule has 0 aromatic heterocycles. The molecule has 2 unspecified atom stereocenters. The molecule has 0 aliphatic heterocycles. The average Bonchev–Trinajstić information content (AvgIpc) is 2.44. The zero-order valence-electron chi connectivity index (χ0n) is 11.7. The van der Waals surface area contributed by atoms with Crippen LogP contribution in [-0.2, 0) is 0 Å². The van der Waals surface area contributed by atoms with Crippen molar-refractivity contribution in [2.45, 2.75) is 19.4 Å². The topological polar surface area (TPSA) is 56.5 Å². The monoisotopic (exact) mass is 252 g/mol. The van der Waals surface area contributed by atoms with Crippen molar-refractivity contribution in [3.63, 3.8) is 0 Å². The van der Waals surface area contributed by atoms with Crippen LogP contribution in [0.15, 0.2) is 18.2 Å². The summed E-state index contributed by atoms with van der Waals surface area (Å²) in [6.07, 6.45) is 1.02. The van der Waals surface area contributed by atoms with Gasteiger partial charge in [0.25, 0.3) is 0 Å². The first-order valence-electron chi connectivity index (χ1n) is 6.31. The molecule has 4 heteroatoms. The van der Waals surface area contributed by atoms with Gasteiger partial charge in [-0.3, -0.25) is 0 Å². The molecule has 0 heterocycles. The molecule has 0 aliphatic rings. The van der Waals surface area contributed by atoms with Gasteiger partial charge in [-0.05, 0) is 25.6 Å². The lowest BCUT2D eigenvalue weighted by molar-refractivity contribution is 0.349. The number of rotatable bonds is 7. The molecule has 1 aromatic rings. The number of hydrogen-bond acceptors (Lipinski definition) is 4. The molecule has 3 N–H and O–H groups in total. The number of ether oxygens (including phenoxy) is 2. The third kappa shape index (κ3) is 3.15. The summed E-state index contributed by atoms with van der Waals surface area (Å²) < 4.78 is 10.7. The first-order valence-corrected chi connectivity index (χ1v) is 6.31. The van der Waals surface area contributed by atoms with E-state index >= 15 is 0 Å². The number of nitrogens with two attached hydrogens (primary N) is 1. The molecule has 1 rings (SSSR count). The van der Waals surface area contributed by atoms with Crippen LogP contribution in [0.4, 0.5) is 0 Å². The van der Waals surface area contributed by atoms with Gasteiger partial charge in [0.05, 0.1) is 14.2 Å². The molecule has 0 spiro atoms. The number of methoxy groups -OCH3 is 2. The summed E-state index contributed by atoms with van der Waals surface area (Å²) in [6, 6.07) is 6.09. The van der Waals surface area contributed by atoms with Crippen LogP contribution in [0.3, 0.4) is 0 Å². The van der Waals surface area contributed by atoms with E-state index in [1.807, 2.05) is 25.2 Å². The fourth-order valence-electron chi connectivity index (χ4n) is 2.26. The first kappa shape index (κ1) is 14.8. The van der Waals surface area contributed by atoms with Crippen molar-refractivity contribution < 1.29 is 9.47 Å². The van der Waals surface area contributed by atoms with E-state index in [0.29, 0.717) is 12.5 Å². The van der Waals surface area contributed by atoms with Crippen molar-refractivity contribution in [3.8, 4) is 11.5 Å². The van der Waals surface area contributed by atoms with Crippen molar-refractivity contribution >= 4 is 0 Å². The Labute approximate surface area is 109 Å². The maximum atomic E-state index is 5.84. The minimum absolute atomic E-state index is 0.195. The van der Waals surface area contributed by atoms with Crippen LogP contribution in [0.25, 0.3) is 0 Å². The van der Waals surface area contributed by atoms with E-state index in [2.05, 4.69) is 12.2 Å². The molecule has 0 amide bonds. The largest absolute Gasteiger partial charge is 0.497 e. The third-order valence-corrected chi connectivity index (χ3v) is 3.39. The molecule has 0 aliphatic carbocycles. The predicted octanol–water partition coefficient (Wildman–Crippen LogP) is 1.95. The summed E-state index contributed by atoms with van der Waals surface area (Å²) in [4.78, 5) is 0. The van der Waals surface area contributed by atoms with Crippen molar-refractivity contribution in [1.82, 2.24) is 5.32 Å². The molecular formula is C14H24N2O2. The quantitative estimate of drug-likeness (QED) is 0.779. The van der Waals surface area contributed by atoms with E-state index in [9.17, 15) is 0 Å². The summed E-state index contributed by atoms with van der Waals surface area (Å²) in [5.74, 6) is 2.02. The van der Waals surface area contributed by atoms with Crippen LogP contribution in [-0.4, -0.2) is 27.8 Å². The maximum Gasteiger partial charge on any atom is 0.127 e. The summed E-state index contributed by atoms with van der Waals surface area (Å²) in [6.45, 7) is 2.80. The van der Waals surface area contributed by atoms with Gasteiger partial charge in [-0.15, -0.1) is 0 Å². The summed E-state index contributed by atoms with van der Waals surface area (Å²) in [5, 5.41) is 3.33. The second kappa shape index (κ2) is 7.24. The molecule has 0 saturated carbocycles. The molecule has 0 fully saturated rings. The number of nitrogens with one attached hydrogen (secondary N) is 1. The molecule has 0 saturated heterocycles. The van der Waals surface area contributed by atoms with Crippen LogP contribution in [0.2, 0.25) is 0 Å². The minimum atomic E-state index is 0.195. The summed E-state index contributed by atoms with van der Waals surface area (Å²) in [5.41, 5.74) is 6.96. The Kier molecular flexibility index (Phi) is 5.95.